The maximum atomic E-state index is 11.3. The minimum absolute atomic E-state index is 0.0111. The third-order valence-electron chi connectivity index (χ3n) is 3.56. The summed E-state index contributed by atoms with van der Waals surface area (Å²) in [6.07, 6.45) is 3.40. The first-order valence-corrected chi connectivity index (χ1v) is 7.27. The molecule has 0 saturated heterocycles. The van der Waals surface area contributed by atoms with E-state index in [4.69, 9.17) is 14.6 Å². The van der Waals surface area contributed by atoms with E-state index in [-0.39, 0.29) is 18.1 Å². The molecule has 1 rings (SSSR count). The van der Waals surface area contributed by atoms with Crippen LogP contribution in [-0.2, 0) is 14.3 Å². The van der Waals surface area contributed by atoms with Crippen molar-refractivity contribution in [3.8, 4) is 0 Å². The molecule has 0 aromatic carbocycles. The summed E-state index contributed by atoms with van der Waals surface area (Å²) in [4.78, 5) is 11.3. The molecule has 0 radical (unpaired) electrons. The van der Waals surface area contributed by atoms with E-state index < -0.39 is 17.7 Å². The topological polar surface area (TPSA) is 55.8 Å². The quantitative estimate of drug-likeness (QED) is 0.602. The normalized spacial score (nSPS) is 21.2. The Hall–Kier alpha value is -0.870. The van der Waals surface area contributed by atoms with E-state index in [0.29, 0.717) is 0 Å². The van der Waals surface area contributed by atoms with Gasteiger partial charge in [0, 0.05) is 0 Å². The van der Waals surface area contributed by atoms with Crippen LogP contribution in [0.2, 0.25) is 0 Å². The van der Waals surface area contributed by atoms with Crippen molar-refractivity contribution in [1.29, 1.82) is 0 Å². The van der Waals surface area contributed by atoms with E-state index in [9.17, 15) is 4.79 Å². The highest BCUT2D eigenvalue weighted by Crippen LogP contribution is 2.37. The second-order valence-corrected chi connectivity index (χ2v) is 7.01. The van der Waals surface area contributed by atoms with Crippen molar-refractivity contribution in [3.63, 3.8) is 0 Å². The molecule has 0 amide bonds. The van der Waals surface area contributed by atoms with Crippen LogP contribution in [0.15, 0.2) is 11.6 Å². The number of rotatable bonds is 6. The molecule has 116 valence electrons. The molecular formula is C16H28O4. The number of esters is 1. The molecule has 1 N–H and O–H groups in total. The molecular weight excluding hydrogens is 256 g/mol. The third-order valence-corrected chi connectivity index (χ3v) is 3.56. The molecule has 0 heterocycles. The molecule has 2 atom stereocenters. The van der Waals surface area contributed by atoms with E-state index in [1.54, 1.807) is 0 Å². The second kappa shape index (κ2) is 6.27. The predicted molar refractivity (Wildman–Crippen MR) is 78.4 cm³/mol. The number of hydrogen-bond donors (Lipinski definition) is 1. The lowest BCUT2D eigenvalue weighted by Crippen LogP contribution is -2.37. The largest absolute Gasteiger partial charge is 0.461 e. The van der Waals surface area contributed by atoms with Gasteiger partial charge in [0.1, 0.15) is 12.7 Å². The van der Waals surface area contributed by atoms with Crippen molar-refractivity contribution in [2.45, 2.75) is 72.2 Å². The van der Waals surface area contributed by atoms with Crippen LogP contribution < -0.4 is 0 Å². The first-order chi connectivity index (χ1) is 9.02. The Morgan fingerprint density at radius 3 is 2.50 bits per heavy atom. The summed E-state index contributed by atoms with van der Waals surface area (Å²) < 4.78 is 11.1. The molecule has 1 aliphatic carbocycles. The molecule has 0 bridgehead atoms. The molecule has 1 unspecified atom stereocenters. The van der Waals surface area contributed by atoms with Gasteiger partial charge < -0.3 is 14.6 Å². The first-order valence-electron chi connectivity index (χ1n) is 7.27. The molecule has 0 aliphatic heterocycles. The van der Waals surface area contributed by atoms with Gasteiger partial charge in [-0.15, -0.1) is 0 Å². The SMILES string of the molecule is CC(OC(C)(C)COC(=O)[C@@H](C)O)C1=CC(C)(C)CC1. The van der Waals surface area contributed by atoms with Crippen LogP contribution in [0, 0.1) is 5.41 Å². The summed E-state index contributed by atoms with van der Waals surface area (Å²) in [6.45, 7) is 11.8. The molecule has 0 saturated carbocycles. The number of ether oxygens (including phenoxy) is 2. The lowest BCUT2D eigenvalue weighted by atomic mass is 9.94. The third kappa shape index (κ3) is 5.25. The van der Waals surface area contributed by atoms with Gasteiger partial charge in [0.15, 0.2) is 0 Å². The molecule has 1 aliphatic rings. The smallest absolute Gasteiger partial charge is 0.334 e. The average molecular weight is 284 g/mol. The van der Waals surface area contributed by atoms with Crippen LogP contribution in [0.3, 0.4) is 0 Å². The monoisotopic (exact) mass is 284 g/mol. The maximum Gasteiger partial charge on any atom is 0.334 e. The predicted octanol–water partition coefficient (Wildman–Crippen LogP) is 2.84. The summed E-state index contributed by atoms with van der Waals surface area (Å²) in [5, 5.41) is 9.11. The maximum absolute atomic E-state index is 11.3. The van der Waals surface area contributed by atoms with Gasteiger partial charge in [0.2, 0.25) is 0 Å². The summed E-state index contributed by atoms with van der Waals surface area (Å²) >= 11 is 0. The van der Waals surface area contributed by atoms with Crippen LogP contribution in [-0.4, -0.2) is 35.5 Å². The fourth-order valence-corrected chi connectivity index (χ4v) is 2.39. The number of aliphatic hydroxyl groups is 1. The fraction of sp³-hybridized carbons (Fsp3) is 0.812. The second-order valence-electron chi connectivity index (χ2n) is 7.01. The van der Waals surface area contributed by atoms with Gasteiger partial charge in [0.25, 0.3) is 0 Å². The molecule has 20 heavy (non-hydrogen) atoms. The Bertz CT molecular complexity index is 380. The molecule has 4 heteroatoms. The average Bonchev–Trinajstić information content (AvgIpc) is 2.66. The Kier molecular flexibility index (Phi) is 5.39. The first kappa shape index (κ1) is 17.2. The highest BCUT2D eigenvalue weighted by atomic mass is 16.6. The molecule has 0 aromatic heterocycles. The van der Waals surface area contributed by atoms with E-state index in [1.165, 1.54) is 12.5 Å². The summed E-state index contributed by atoms with van der Waals surface area (Å²) in [5.41, 5.74) is 0.984. The number of allylic oxidation sites excluding steroid dienone is 1. The van der Waals surface area contributed by atoms with E-state index >= 15 is 0 Å². The van der Waals surface area contributed by atoms with E-state index in [1.807, 2.05) is 20.8 Å². The highest BCUT2D eigenvalue weighted by molar-refractivity contribution is 5.73. The zero-order valence-corrected chi connectivity index (χ0v) is 13.5. The van der Waals surface area contributed by atoms with Crippen LogP contribution in [0.5, 0.6) is 0 Å². The van der Waals surface area contributed by atoms with Gasteiger partial charge in [-0.3, -0.25) is 0 Å². The zero-order chi connectivity index (χ0) is 15.6. The van der Waals surface area contributed by atoms with Gasteiger partial charge in [-0.1, -0.05) is 19.9 Å². The number of aliphatic hydroxyl groups excluding tert-OH is 1. The summed E-state index contributed by atoms with van der Waals surface area (Å²) in [6, 6.07) is 0. The van der Waals surface area contributed by atoms with Gasteiger partial charge >= 0.3 is 5.97 Å². The molecule has 0 fully saturated rings. The van der Waals surface area contributed by atoms with Gasteiger partial charge in [0.05, 0.1) is 11.7 Å². The van der Waals surface area contributed by atoms with Crippen LogP contribution in [0.25, 0.3) is 0 Å². The van der Waals surface area contributed by atoms with Gasteiger partial charge in [-0.25, -0.2) is 4.79 Å². The Morgan fingerprint density at radius 1 is 1.45 bits per heavy atom. The van der Waals surface area contributed by atoms with E-state index in [2.05, 4.69) is 19.9 Å². The van der Waals surface area contributed by atoms with Crippen LogP contribution in [0.1, 0.15) is 54.4 Å². The van der Waals surface area contributed by atoms with Crippen LogP contribution >= 0.6 is 0 Å². The summed E-state index contributed by atoms with van der Waals surface area (Å²) in [5.74, 6) is -0.615. The Labute approximate surface area is 122 Å². The van der Waals surface area contributed by atoms with Crippen molar-refractivity contribution in [3.05, 3.63) is 11.6 Å². The minimum Gasteiger partial charge on any atom is -0.461 e. The van der Waals surface area contributed by atoms with Crippen molar-refractivity contribution in [1.82, 2.24) is 0 Å². The number of carbonyl (C=O) groups excluding carboxylic acids is 1. The lowest BCUT2D eigenvalue weighted by Gasteiger charge is -2.29. The van der Waals surface area contributed by atoms with Crippen molar-refractivity contribution in [2.75, 3.05) is 6.61 Å². The van der Waals surface area contributed by atoms with Crippen LogP contribution in [0.4, 0.5) is 0 Å². The van der Waals surface area contributed by atoms with Gasteiger partial charge in [-0.2, -0.15) is 0 Å². The Balaban J connectivity index is 2.52. The van der Waals surface area contributed by atoms with E-state index in [0.717, 1.165) is 12.8 Å². The number of carbonyl (C=O) groups is 1. The minimum atomic E-state index is -1.10. The zero-order valence-electron chi connectivity index (χ0n) is 13.5. The number of hydrogen-bond acceptors (Lipinski definition) is 4. The summed E-state index contributed by atoms with van der Waals surface area (Å²) in [7, 11) is 0. The molecule has 4 nitrogen and oxygen atoms in total. The van der Waals surface area contributed by atoms with Crippen molar-refractivity contribution in [2.24, 2.45) is 5.41 Å². The highest BCUT2D eigenvalue weighted by Gasteiger charge is 2.30. The van der Waals surface area contributed by atoms with Crippen molar-refractivity contribution >= 4 is 5.97 Å². The standard InChI is InChI=1S/C16H28O4/c1-11(17)14(18)19-10-16(5,6)20-12(2)13-7-8-15(3,4)9-13/h9,11-12,17H,7-8,10H2,1-6H3/t11-,12?/m1/s1. The molecule has 0 aromatic rings. The Morgan fingerprint density at radius 2 is 2.05 bits per heavy atom. The van der Waals surface area contributed by atoms with Crippen molar-refractivity contribution < 1.29 is 19.4 Å². The van der Waals surface area contributed by atoms with Gasteiger partial charge in [-0.05, 0) is 51.5 Å². The molecule has 0 spiro atoms. The lowest BCUT2D eigenvalue weighted by molar-refractivity contribution is -0.163. The fourth-order valence-electron chi connectivity index (χ4n) is 2.39.